The Bertz CT molecular complexity index is 2520. The molecule has 15 nitrogen and oxygen atoms in total. The molecule has 2 aromatic carbocycles. The number of piperidine rings is 2. The number of pyridine rings is 1. The first kappa shape index (κ1) is 40.1. The molecular weight excluding hydrogens is 811 g/mol. The smallest absolute Gasteiger partial charge is 0.271 e. The summed E-state index contributed by atoms with van der Waals surface area (Å²) >= 11 is 6.65. The molecule has 3 amide bonds. The quantitative estimate of drug-likeness (QED) is 0.128. The van der Waals surface area contributed by atoms with Crippen molar-refractivity contribution in [1.82, 2.24) is 35.1 Å². The van der Waals surface area contributed by atoms with E-state index < -0.39 is 18.3 Å². The SMILES string of the molecule is CNc1cc(N2CCc3c(-c4ccc(N5CCC(CN6CCN(c7ccc(NC8CCC(=O)NC8=O)c(Cl)c7)CC6)CC5)cn4)cccc32)nn2c(C(=O)N[C@@H]3C[C@@H]3F)cnc12. The summed E-state index contributed by atoms with van der Waals surface area (Å²) in [5.74, 6) is 0.398. The minimum atomic E-state index is -1.00. The number of amides is 3. The summed E-state index contributed by atoms with van der Waals surface area (Å²) in [5.41, 5.74) is 8.74. The molecule has 322 valence electrons. The number of imide groups is 1. The summed E-state index contributed by atoms with van der Waals surface area (Å²) in [6.07, 6.45) is 6.70. The van der Waals surface area contributed by atoms with Crippen LogP contribution in [0.5, 0.6) is 0 Å². The van der Waals surface area contributed by atoms with Crippen LogP contribution in [0.15, 0.2) is 67.0 Å². The van der Waals surface area contributed by atoms with E-state index in [1.54, 1.807) is 4.52 Å². The fourth-order valence-corrected chi connectivity index (χ4v) is 9.62. The number of alkyl halides is 1. The van der Waals surface area contributed by atoms with Gasteiger partial charge in [-0.25, -0.2) is 13.9 Å². The second-order valence-corrected chi connectivity index (χ2v) is 17.4. The number of carbonyl (C=O) groups excluding carboxylic acids is 3. The van der Waals surface area contributed by atoms with Gasteiger partial charge in [-0.1, -0.05) is 23.7 Å². The van der Waals surface area contributed by atoms with Gasteiger partial charge in [0, 0.05) is 95.3 Å². The van der Waals surface area contributed by atoms with Gasteiger partial charge < -0.3 is 30.7 Å². The van der Waals surface area contributed by atoms with Crippen molar-refractivity contribution in [3.8, 4) is 11.3 Å². The summed E-state index contributed by atoms with van der Waals surface area (Å²) in [6.45, 7) is 7.67. The number of hydrogen-bond donors (Lipinski definition) is 4. The number of benzene rings is 2. The molecule has 0 bridgehead atoms. The topological polar surface area (TPSA) is 155 Å². The first-order valence-electron chi connectivity index (χ1n) is 21.7. The number of fused-ring (bicyclic) bond motifs is 2. The van der Waals surface area contributed by atoms with Crippen molar-refractivity contribution in [3.63, 3.8) is 0 Å². The molecule has 3 aromatic heterocycles. The molecule has 5 aliphatic rings. The minimum absolute atomic E-state index is 0.236. The van der Waals surface area contributed by atoms with E-state index in [2.05, 4.69) is 82.2 Å². The van der Waals surface area contributed by atoms with E-state index in [1.807, 2.05) is 31.4 Å². The first-order valence-corrected chi connectivity index (χ1v) is 22.1. The van der Waals surface area contributed by atoms with Gasteiger partial charge >= 0.3 is 0 Å². The molecule has 0 spiro atoms. The third-order valence-corrected chi connectivity index (χ3v) is 13.4. The molecule has 3 atom stereocenters. The van der Waals surface area contributed by atoms with Crippen molar-refractivity contribution in [2.75, 3.05) is 84.7 Å². The number of carbonyl (C=O) groups is 3. The van der Waals surface area contributed by atoms with Crippen LogP contribution in [0.25, 0.3) is 16.9 Å². The second kappa shape index (κ2) is 16.7. The van der Waals surface area contributed by atoms with E-state index in [4.69, 9.17) is 21.7 Å². The van der Waals surface area contributed by atoms with Gasteiger partial charge in [0.25, 0.3) is 5.91 Å². The number of aromatic nitrogens is 4. The van der Waals surface area contributed by atoms with Crippen molar-refractivity contribution in [1.29, 1.82) is 0 Å². The zero-order valence-electron chi connectivity index (χ0n) is 34.6. The van der Waals surface area contributed by atoms with Gasteiger partial charge in [0.05, 0.1) is 46.2 Å². The molecule has 7 heterocycles. The molecule has 4 N–H and O–H groups in total. The number of halogens is 2. The Morgan fingerprint density at radius 3 is 2.40 bits per heavy atom. The van der Waals surface area contributed by atoms with E-state index in [0.717, 1.165) is 106 Å². The van der Waals surface area contributed by atoms with Gasteiger partial charge in [-0.2, -0.15) is 0 Å². The van der Waals surface area contributed by atoms with Crippen molar-refractivity contribution in [3.05, 3.63) is 83.3 Å². The largest absolute Gasteiger partial charge is 0.385 e. The van der Waals surface area contributed by atoms with Crippen molar-refractivity contribution in [2.24, 2.45) is 5.92 Å². The monoisotopic (exact) mass is 860 g/mol. The van der Waals surface area contributed by atoms with E-state index in [9.17, 15) is 18.8 Å². The fraction of sp³-hybridized carbons (Fsp3) is 0.422. The molecule has 4 aliphatic heterocycles. The van der Waals surface area contributed by atoms with Crippen LogP contribution in [0, 0.1) is 5.92 Å². The van der Waals surface area contributed by atoms with Gasteiger partial charge in [-0.05, 0) is 73.6 Å². The Hall–Kier alpha value is -6.00. The predicted molar refractivity (Wildman–Crippen MR) is 239 cm³/mol. The van der Waals surface area contributed by atoms with Crippen molar-refractivity contribution < 1.29 is 18.8 Å². The molecule has 5 aromatic rings. The van der Waals surface area contributed by atoms with Crippen LogP contribution in [-0.2, 0) is 16.0 Å². The average Bonchev–Trinajstić information content (AvgIpc) is 3.60. The zero-order valence-corrected chi connectivity index (χ0v) is 35.4. The number of nitrogens with zero attached hydrogens (tertiary/aromatic N) is 8. The Morgan fingerprint density at radius 1 is 0.887 bits per heavy atom. The third kappa shape index (κ3) is 7.97. The van der Waals surface area contributed by atoms with Gasteiger partial charge in [0.15, 0.2) is 17.2 Å². The molecule has 1 aliphatic carbocycles. The molecule has 10 rings (SSSR count). The Morgan fingerprint density at radius 2 is 1.68 bits per heavy atom. The van der Waals surface area contributed by atoms with Crippen LogP contribution in [0.4, 0.5) is 38.6 Å². The van der Waals surface area contributed by atoms with Crippen LogP contribution >= 0.6 is 11.6 Å². The molecular formula is C45H50ClFN12O3. The van der Waals surface area contributed by atoms with Crippen LogP contribution < -0.4 is 36.0 Å². The Balaban J connectivity index is 0.731. The number of anilines is 6. The Labute approximate surface area is 364 Å². The van der Waals surface area contributed by atoms with Gasteiger partial charge in [-0.3, -0.25) is 29.6 Å². The van der Waals surface area contributed by atoms with Crippen LogP contribution in [0.2, 0.25) is 5.02 Å². The highest BCUT2D eigenvalue weighted by atomic mass is 35.5. The summed E-state index contributed by atoms with van der Waals surface area (Å²) in [7, 11) is 1.82. The average molecular weight is 861 g/mol. The van der Waals surface area contributed by atoms with Crippen LogP contribution in [0.3, 0.4) is 0 Å². The van der Waals surface area contributed by atoms with E-state index in [1.165, 1.54) is 11.8 Å². The summed E-state index contributed by atoms with van der Waals surface area (Å²) in [6, 6.07) is 17.6. The molecule has 17 heteroatoms. The van der Waals surface area contributed by atoms with Gasteiger partial charge in [-0.15, -0.1) is 5.10 Å². The highest BCUT2D eigenvalue weighted by molar-refractivity contribution is 6.33. The molecule has 1 unspecified atom stereocenters. The lowest BCUT2D eigenvalue weighted by molar-refractivity contribution is -0.133. The number of rotatable bonds is 11. The summed E-state index contributed by atoms with van der Waals surface area (Å²) < 4.78 is 15.1. The summed E-state index contributed by atoms with van der Waals surface area (Å²) in [5, 5.41) is 17.0. The molecule has 0 radical (unpaired) electrons. The van der Waals surface area contributed by atoms with E-state index in [0.29, 0.717) is 47.4 Å². The number of imidazole rings is 1. The van der Waals surface area contributed by atoms with Gasteiger partial charge in [0.1, 0.15) is 12.2 Å². The van der Waals surface area contributed by atoms with Crippen molar-refractivity contribution >= 4 is 69.2 Å². The normalized spacial score (nSPS) is 21.9. The van der Waals surface area contributed by atoms with E-state index in [-0.39, 0.29) is 23.4 Å². The third-order valence-electron chi connectivity index (χ3n) is 13.1. The highest BCUT2D eigenvalue weighted by Crippen LogP contribution is 2.40. The molecule has 3 saturated heterocycles. The maximum atomic E-state index is 13.6. The van der Waals surface area contributed by atoms with Gasteiger partial charge in [0.2, 0.25) is 11.8 Å². The van der Waals surface area contributed by atoms with Crippen molar-refractivity contribution in [2.45, 2.75) is 56.8 Å². The number of nitrogens with one attached hydrogen (secondary N) is 4. The maximum absolute atomic E-state index is 13.6. The predicted octanol–water partition coefficient (Wildman–Crippen LogP) is 5.28. The molecule has 62 heavy (non-hydrogen) atoms. The number of hydrogen-bond acceptors (Lipinski definition) is 12. The molecule has 1 saturated carbocycles. The lowest BCUT2D eigenvalue weighted by Gasteiger charge is -2.40. The van der Waals surface area contributed by atoms with E-state index >= 15 is 0 Å². The molecule has 4 fully saturated rings. The number of piperazine rings is 1. The van der Waals surface area contributed by atoms with Crippen LogP contribution in [0.1, 0.15) is 48.2 Å². The second-order valence-electron chi connectivity index (χ2n) is 17.0. The standard InChI is InChI=1S/C45H50ClFN12O3/c1-48-38-23-41(54-59-40(25-50-43(38)59)45(62)52-37-22-33(37)47)58-16-13-31-30(3-2-4-39(31)58)34-7-6-29(24-49-34)56-14-11-27(12-15-56)26-55-17-19-57(20-18-55)28-5-8-35(32(46)21-28)51-36-9-10-42(60)53-44(36)61/h2-8,21,23-25,27,33,36-37,48,51H,9-20,22,26H2,1H3,(H,52,62)(H,53,60,61)/t33-,36?,37+/m0/s1. The zero-order chi connectivity index (χ0) is 42.5. The lowest BCUT2D eigenvalue weighted by Crippen LogP contribution is -2.49. The van der Waals surface area contributed by atoms with Crippen LogP contribution in [-0.4, -0.2) is 120 Å². The minimum Gasteiger partial charge on any atom is -0.385 e. The first-order chi connectivity index (χ1) is 30.2. The fourth-order valence-electron chi connectivity index (χ4n) is 9.39. The highest BCUT2D eigenvalue weighted by Gasteiger charge is 2.39. The Kier molecular flexibility index (Phi) is 10.8. The lowest BCUT2D eigenvalue weighted by atomic mass is 9.95. The summed E-state index contributed by atoms with van der Waals surface area (Å²) in [4.78, 5) is 55.8. The maximum Gasteiger partial charge on any atom is 0.271 e.